The van der Waals surface area contributed by atoms with Crippen LogP contribution in [0.5, 0.6) is 0 Å². The highest BCUT2D eigenvalue weighted by molar-refractivity contribution is 5.94. The second-order valence-corrected chi connectivity index (χ2v) is 7.60. The summed E-state index contributed by atoms with van der Waals surface area (Å²) in [7, 11) is 0. The van der Waals surface area contributed by atoms with E-state index in [9.17, 15) is 9.18 Å². The van der Waals surface area contributed by atoms with Crippen LogP contribution in [0.25, 0.3) is 11.5 Å². The van der Waals surface area contributed by atoms with E-state index in [1.54, 1.807) is 23.2 Å². The van der Waals surface area contributed by atoms with Gasteiger partial charge < -0.3 is 14.3 Å². The van der Waals surface area contributed by atoms with Crippen molar-refractivity contribution in [1.29, 1.82) is 0 Å². The van der Waals surface area contributed by atoms with Crippen LogP contribution in [-0.4, -0.2) is 52.1 Å². The molecule has 1 aliphatic rings. The Morgan fingerprint density at radius 2 is 1.93 bits per heavy atom. The fraction of sp³-hybridized carbons (Fsp3) is 0.364. The zero-order chi connectivity index (χ0) is 21.1. The van der Waals surface area contributed by atoms with Crippen LogP contribution in [0.1, 0.15) is 42.4 Å². The molecule has 156 valence electrons. The van der Waals surface area contributed by atoms with E-state index in [1.807, 2.05) is 26.0 Å². The molecule has 1 aliphatic heterocycles. The van der Waals surface area contributed by atoms with E-state index in [0.717, 1.165) is 24.3 Å². The van der Waals surface area contributed by atoms with Crippen LogP contribution in [0.2, 0.25) is 0 Å². The third kappa shape index (κ3) is 4.03. The van der Waals surface area contributed by atoms with Gasteiger partial charge in [-0.25, -0.2) is 9.37 Å². The lowest BCUT2D eigenvalue weighted by molar-refractivity contribution is 0.0762. The van der Waals surface area contributed by atoms with Crippen molar-refractivity contribution in [3.05, 3.63) is 59.8 Å². The molecule has 1 aromatic carbocycles. The fourth-order valence-electron chi connectivity index (χ4n) is 3.53. The Labute approximate surface area is 174 Å². The van der Waals surface area contributed by atoms with Gasteiger partial charge in [0.1, 0.15) is 11.6 Å². The first-order valence-corrected chi connectivity index (χ1v) is 10.1. The van der Waals surface area contributed by atoms with Crippen LogP contribution in [0.4, 0.5) is 10.2 Å². The molecule has 3 heterocycles. The molecule has 7 nitrogen and oxygen atoms in total. The van der Waals surface area contributed by atoms with Gasteiger partial charge in [-0.05, 0) is 30.7 Å². The molecular formula is C22H24FN5O2. The van der Waals surface area contributed by atoms with Gasteiger partial charge in [-0.15, -0.1) is 0 Å². The minimum atomic E-state index is -0.493. The maximum absolute atomic E-state index is 14.0. The zero-order valence-electron chi connectivity index (χ0n) is 17.1. The topological polar surface area (TPSA) is 75.4 Å². The van der Waals surface area contributed by atoms with Crippen molar-refractivity contribution in [3.63, 3.8) is 0 Å². The number of hydrogen-bond acceptors (Lipinski definition) is 6. The number of aromatic nitrogens is 3. The Hall–Kier alpha value is -3.29. The molecule has 1 fully saturated rings. The third-order valence-electron chi connectivity index (χ3n) is 5.16. The predicted molar refractivity (Wildman–Crippen MR) is 111 cm³/mol. The zero-order valence-corrected chi connectivity index (χ0v) is 17.1. The average molecular weight is 409 g/mol. The summed E-state index contributed by atoms with van der Waals surface area (Å²) in [5.41, 5.74) is 0.877. The monoisotopic (exact) mass is 409 g/mol. The standard InChI is InChI=1S/C22H24FN5O2/c1-15(2)19-25-21(30-26-19)17-8-5-10-24-20(17)27-11-6-12-28(14-13-27)22(29)16-7-3-4-9-18(16)23/h3-5,7-10,15H,6,11-14H2,1-2H3. The normalized spacial score (nSPS) is 14.8. The number of carbonyl (C=O) groups is 1. The predicted octanol–water partition coefficient (Wildman–Crippen LogP) is 3.75. The number of pyridine rings is 1. The maximum atomic E-state index is 14.0. The maximum Gasteiger partial charge on any atom is 0.261 e. The third-order valence-corrected chi connectivity index (χ3v) is 5.16. The molecule has 1 amide bonds. The first kappa shape index (κ1) is 20.0. The summed E-state index contributed by atoms with van der Waals surface area (Å²) >= 11 is 0. The summed E-state index contributed by atoms with van der Waals surface area (Å²) in [4.78, 5) is 25.7. The number of anilines is 1. The van der Waals surface area contributed by atoms with Crippen molar-refractivity contribution in [2.24, 2.45) is 0 Å². The Kier molecular flexibility index (Phi) is 5.74. The highest BCUT2D eigenvalue weighted by Crippen LogP contribution is 2.29. The van der Waals surface area contributed by atoms with Crippen LogP contribution in [0, 0.1) is 5.82 Å². The minimum Gasteiger partial charge on any atom is -0.354 e. The smallest absolute Gasteiger partial charge is 0.261 e. The Balaban J connectivity index is 1.54. The summed E-state index contributed by atoms with van der Waals surface area (Å²) in [6.45, 7) is 6.35. The first-order chi connectivity index (χ1) is 14.5. The van der Waals surface area contributed by atoms with Crippen LogP contribution >= 0.6 is 0 Å². The van der Waals surface area contributed by atoms with Crippen molar-refractivity contribution < 1.29 is 13.7 Å². The molecule has 0 radical (unpaired) electrons. The van der Waals surface area contributed by atoms with Crippen molar-refractivity contribution in [1.82, 2.24) is 20.0 Å². The number of amides is 1. The number of hydrogen-bond donors (Lipinski definition) is 0. The van der Waals surface area contributed by atoms with Gasteiger partial charge in [0.25, 0.3) is 11.8 Å². The van der Waals surface area contributed by atoms with Crippen LogP contribution < -0.4 is 4.90 Å². The van der Waals surface area contributed by atoms with Gasteiger partial charge in [-0.1, -0.05) is 31.1 Å². The SMILES string of the molecule is CC(C)c1noc(-c2cccnc2N2CCCN(C(=O)c3ccccc3F)CC2)n1. The molecule has 4 rings (SSSR count). The van der Waals surface area contributed by atoms with E-state index in [0.29, 0.717) is 31.3 Å². The molecular weight excluding hydrogens is 385 g/mol. The van der Waals surface area contributed by atoms with E-state index in [1.165, 1.54) is 12.1 Å². The number of halogens is 1. The number of carbonyl (C=O) groups excluding carboxylic acids is 1. The molecule has 1 saturated heterocycles. The molecule has 0 atom stereocenters. The van der Waals surface area contributed by atoms with Crippen LogP contribution in [0.15, 0.2) is 47.1 Å². The molecule has 0 saturated carbocycles. The molecule has 0 spiro atoms. The van der Waals surface area contributed by atoms with E-state index < -0.39 is 5.82 Å². The number of benzene rings is 1. The second-order valence-electron chi connectivity index (χ2n) is 7.60. The Morgan fingerprint density at radius 1 is 1.10 bits per heavy atom. The van der Waals surface area contributed by atoms with Gasteiger partial charge in [0.15, 0.2) is 5.82 Å². The van der Waals surface area contributed by atoms with Gasteiger partial charge in [0.05, 0.1) is 11.1 Å². The van der Waals surface area contributed by atoms with E-state index >= 15 is 0 Å². The van der Waals surface area contributed by atoms with Crippen LogP contribution in [0.3, 0.4) is 0 Å². The lowest BCUT2D eigenvalue weighted by atomic mass is 10.2. The van der Waals surface area contributed by atoms with Crippen molar-refractivity contribution in [2.45, 2.75) is 26.2 Å². The molecule has 2 aromatic heterocycles. The van der Waals surface area contributed by atoms with Crippen molar-refractivity contribution >= 4 is 11.7 Å². The molecule has 0 N–H and O–H groups in total. The second kappa shape index (κ2) is 8.61. The molecule has 0 aliphatic carbocycles. The van der Waals surface area contributed by atoms with Gasteiger partial charge in [-0.2, -0.15) is 4.98 Å². The van der Waals surface area contributed by atoms with Crippen LogP contribution in [-0.2, 0) is 0 Å². The average Bonchev–Trinajstić information content (AvgIpc) is 3.12. The highest BCUT2D eigenvalue weighted by atomic mass is 19.1. The Bertz CT molecular complexity index is 1040. The fourth-order valence-corrected chi connectivity index (χ4v) is 3.53. The van der Waals surface area contributed by atoms with Gasteiger partial charge >= 0.3 is 0 Å². The van der Waals surface area contributed by atoms with Gasteiger partial charge in [0.2, 0.25) is 0 Å². The highest BCUT2D eigenvalue weighted by Gasteiger charge is 2.25. The van der Waals surface area contributed by atoms with Crippen molar-refractivity contribution in [3.8, 4) is 11.5 Å². The number of rotatable bonds is 4. The summed E-state index contributed by atoms with van der Waals surface area (Å²) in [6.07, 6.45) is 2.48. The Morgan fingerprint density at radius 3 is 2.70 bits per heavy atom. The molecule has 30 heavy (non-hydrogen) atoms. The van der Waals surface area contributed by atoms with E-state index in [-0.39, 0.29) is 17.4 Å². The summed E-state index contributed by atoms with van der Waals surface area (Å²) in [5.74, 6) is 1.22. The van der Waals surface area contributed by atoms with Gasteiger partial charge in [0, 0.05) is 38.3 Å². The summed E-state index contributed by atoms with van der Waals surface area (Å²) < 4.78 is 19.5. The van der Waals surface area contributed by atoms with E-state index in [2.05, 4.69) is 20.0 Å². The van der Waals surface area contributed by atoms with Crippen molar-refractivity contribution in [2.75, 3.05) is 31.1 Å². The summed E-state index contributed by atoms with van der Waals surface area (Å²) in [6, 6.07) is 9.85. The quantitative estimate of drug-likeness (QED) is 0.653. The van der Waals surface area contributed by atoms with Gasteiger partial charge in [-0.3, -0.25) is 4.79 Å². The lowest BCUT2D eigenvalue weighted by Gasteiger charge is -2.24. The van der Waals surface area contributed by atoms with E-state index in [4.69, 9.17) is 4.52 Å². The minimum absolute atomic E-state index is 0.108. The number of nitrogens with zero attached hydrogens (tertiary/aromatic N) is 5. The first-order valence-electron chi connectivity index (χ1n) is 10.1. The molecule has 3 aromatic rings. The largest absolute Gasteiger partial charge is 0.354 e. The lowest BCUT2D eigenvalue weighted by Crippen LogP contribution is -2.36. The summed E-state index contributed by atoms with van der Waals surface area (Å²) in [5, 5.41) is 4.05. The molecule has 0 bridgehead atoms. The molecule has 0 unspecified atom stereocenters. The molecule has 8 heteroatoms.